The second-order valence-corrected chi connectivity index (χ2v) is 42.6. The summed E-state index contributed by atoms with van der Waals surface area (Å²) in [4.78, 5) is 0. The molecule has 0 spiro atoms. The molecular weight excluding hydrogens is 793 g/mol. The molecule has 0 amide bonds. The van der Waals surface area contributed by atoms with Crippen LogP contribution in [0.25, 0.3) is 0 Å². The highest BCUT2D eigenvalue weighted by atomic mass is 28.4. The van der Waals surface area contributed by atoms with Gasteiger partial charge in [-0.25, -0.2) is 0 Å². The van der Waals surface area contributed by atoms with E-state index >= 15 is 0 Å². The third kappa shape index (κ3) is 10.6. The molecule has 57 heavy (non-hydrogen) atoms. The molecule has 0 saturated carbocycles. The molecule has 6 aromatic rings. The minimum absolute atomic E-state index is 1.07. The van der Waals surface area contributed by atoms with Gasteiger partial charge in [0.2, 0.25) is 0 Å². The fraction of sp³-hybridized carbons (Fsp3) is 0.250. The van der Waals surface area contributed by atoms with Crippen molar-refractivity contribution >= 4 is 81.0 Å². The fourth-order valence-electron chi connectivity index (χ4n) is 8.38. The van der Waals surface area contributed by atoms with Gasteiger partial charge in [0.25, 0.3) is 16.6 Å². The van der Waals surface area contributed by atoms with E-state index in [0.717, 1.165) is 24.2 Å². The van der Waals surface area contributed by atoms with Crippen LogP contribution in [-0.2, 0) is 12.3 Å². The SMILES string of the molecule is C[Si](C)(CC[Si](C)(C)O[Si](c1ccccc1)(c1ccccc1)c1ccccc1)O[Si](C)(C)CC[Si](C)(C)O[Si](c1ccccc1)(c1ccccc1)c1ccccc1. The molecule has 0 N–H and O–H groups in total. The monoisotopic (exact) mass is 854 g/mol. The Bertz CT molecular complexity index is 1770. The van der Waals surface area contributed by atoms with Gasteiger partial charge >= 0.3 is 0 Å². The zero-order chi connectivity index (χ0) is 40.6. The lowest BCUT2D eigenvalue weighted by atomic mass is 10.3. The van der Waals surface area contributed by atoms with Crippen molar-refractivity contribution < 1.29 is 12.3 Å². The van der Waals surface area contributed by atoms with E-state index in [9.17, 15) is 0 Å². The van der Waals surface area contributed by atoms with E-state index in [-0.39, 0.29) is 0 Å². The molecule has 6 aromatic carbocycles. The molecule has 0 atom stereocenters. The van der Waals surface area contributed by atoms with Crippen LogP contribution in [0.3, 0.4) is 0 Å². The van der Waals surface area contributed by atoms with Crippen LogP contribution >= 0.6 is 0 Å². The Hall–Kier alpha value is -3.50. The Balaban J connectivity index is 1.20. The van der Waals surface area contributed by atoms with Gasteiger partial charge in [0.05, 0.1) is 0 Å². The maximum absolute atomic E-state index is 7.81. The van der Waals surface area contributed by atoms with Crippen LogP contribution < -0.4 is 31.1 Å². The van der Waals surface area contributed by atoms with Gasteiger partial charge < -0.3 is 12.3 Å². The highest BCUT2D eigenvalue weighted by Crippen LogP contribution is 2.31. The molecule has 0 bridgehead atoms. The van der Waals surface area contributed by atoms with Crippen molar-refractivity contribution in [2.24, 2.45) is 0 Å². The largest absolute Gasteiger partial charge is 0.456 e. The summed E-state index contributed by atoms with van der Waals surface area (Å²) in [6.45, 7) is 19.5. The van der Waals surface area contributed by atoms with E-state index in [1.54, 1.807) is 0 Å². The first-order valence-electron chi connectivity index (χ1n) is 20.6. The van der Waals surface area contributed by atoms with Crippen LogP contribution in [-0.4, -0.2) is 49.9 Å². The van der Waals surface area contributed by atoms with Crippen molar-refractivity contribution in [2.75, 3.05) is 0 Å². The Morgan fingerprint density at radius 1 is 0.246 bits per heavy atom. The van der Waals surface area contributed by atoms with Gasteiger partial charge in [0.15, 0.2) is 33.3 Å². The van der Waals surface area contributed by atoms with Crippen LogP contribution in [0.5, 0.6) is 0 Å². The van der Waals surface area contributed by atoms with E-state index in [0.29, 0.717) is 0 Å². The molecule has 0 saturated heterocycles. The molecule has 6 rings (SSSR count). The first kappa shape index (κ1) is 43.1. The Labute approximate surface area is 349 Å². The van der Waals surface area contributed by atoms with Crippen LogP contribution in [0.2, 0.25) is 76.6 Å². The van der Waals surface area contributed by atoms with Gasteiger partial charge in [-0.05, 0) is 108 Å². The summed E-state index contributed by atoms with van der Waals surface area (Å²) in [5.41, 5.74) is 0. The molecule has 0 heterocycles. The zero-order valence-corrected chi connectivity index (χ0v) is 41.4. The van der Waals surface area contributed by atoms with Gasteiger partial charge in [-0.3, -0.25) is 0 Å². The molecule has 0 aliphatic carbocycles. The minimum Gasteiger partial charge on any atom is -0.456 e. The van der Waals surface area contributed by atoms with Gasteiger partial charge in [-0.1, -0.05) is 182 Å². The van der Waals surface area contributed by atoms with Crippen molar-refractivity contribution in [1.29, 1.82) is 0 Å². The van der Waals surface area contributed by atoms with Crippen molar-refractivity contribution in [2.45, 2.75) is 76.6 Å². The van der Waals surface area contributed by atoms with E-state index in [1.165, 1.54) is 31.1 Å². The van der Waals surface area contributed by atoms with Crippen molar-refractivity contribution in [1.82, 2.24) is 0 Å². The molecule has 0 radical (unpaired) electrons. The summed E-state index contributed by atoms with van der Waals surface area (Å²) >= 11 is 0. The average Bonchev–Trinajstić information content (AvgIpc) is 3.22. The molecular formula is C48H62O3Si6. The third-order valence-corrected chi connectivity index (χ3v) is 36.1. The number of rotatable bonds is 18. The lowest BCUT2D eigenvalue weighted by Crippen LogP contribution is -2.72. The van der Waals surface area contributed by atoms with Crippen LogP contribution in [0.1, 0.15) is 0 Å². The Morgan fingerprint density at radius 2 is 0.404 bits per heavy atom. The summed E-state index contributed by atoms with van der Waals surface area (Å²) in [5, 5.41) is 7.82. The van der Waals surface area contributed by atoms with E-state index in [1.807, 2.05) is 0 Å². The summed E-state index contributed by atoms with van der Waals surface area (Å²) < 4.78 is 23.0. The quantitative estimate of drug-likeness (QED) is 0.0638. The lowest BCUT2D eigenvalue weighted by Gasteiger charge is -2.42. The van der Waals surface area contributed by atoms with Crippen LogP contribution in [0.15, 0.2) is 182 Å². The smallest absolute Gasteiger partial charge is 0.278 e. The number of hydrogen-bond donors (Lipinski definition) is 0. The summed E-state index contributed by atoms with van der Waals surface area (Å²) in [7, 11) is -14.1. The average molecular weight is 856 g/mol. The standard InChI is InChI=1S/C48H62O3Si6/c1-52(2,39-41-54(5,6)50-56(43-27-15-9-16-28-43,44-29-17-10-18-30-44)45-31-19-11-20-32-45)49-53(3,4)40-42-55(7,8)51-57(46-33-21-12-22-34-46,47-35-23-13-24-36-47)48-37-25-14-26-38-48/h9-38H,39-42H2,1-8H3. The topological polar surface area (TPSA) is 27.7 Å². The van der Waals surface area contributed by atoms with Gasteiger partial charge in [-0.2, -0.15) is 0 Å². The first-order chi connectivity index (χ1) is 27.2. The first-order valence-corrected chi connectivity index (χ1v) is 36.9. The second kappa shape index (κ2) is 18.2. The number of hydrogen-bond acceptors (Lipinski definition) is 3. The molecule has 3 nitrogen and oxygen atoms in total. The highest BCUT2D eigenvalue weighted by Gasteiger charge is 2.48. The minimum atomic E-state index is -2.79. The molecule has 296 valence electrons. The van der Waals surface area contributed by atoms with Gasteiger partial charge in [-0.15, -0.1) is 0 Å². The van der Waals surface area contributed by atoms with Gasteiger partial charge in [0.1, 0.15) is 0 Å². The second-order valence-electron chi connectivity index (χ2n) is 17.9. The predicted octanol–water partition coefficient (Wildman–Crippen LogP) is 9.19. The maximum Gasteiger partial charge on any atom is 0.278 e. The number of benzene rings is 6. The van der Waals surface area contributed by atoms with E-state index in [2.05, 4.69) is 234 Å². The fourth-order valence-corrected chi connectivity index (χ4v) is 41.1. The molecule has 0 aliphatic rings. The van der Waals surface area contributed by atoms with Crippen molar-refractivity contribution in [3.63, 3.8) is 0 Å². The lowest BCUT2D eigenvalue weighted by molar-refractivity contribution is 0.528. The van der Waals surface area contributed by atoms with Crippen LogP contribution in [0, 0.1) is 0 Å². The zero-order valence-electron chi connectivity index (χ0n) is 35.4. The normalized spacial score (nSPS) is 13.1. The predicted molar refractivity (Wildman–Crippen MR) is 260 cm³/mol. The highest BCUT2D eigenvalue weighted by molar-refractivity contribution is 7.11. The maximum atomic E-state index is 7.81. The third-order valence-electron chi connectivity index (χ3n) is 11.2. The van der Waals surface area contributed by atoms with Crippen molar-refractivity contribution in [3.05, 3.63) is 182 Å². The summed E-state index contributed by atoms with van der Waals surface area (Å²) in [6.07, 6.45) is 0. The molecule has 0 aromatic heterocycles. The van der Waals surface area contributed by atoms with E-state index in [4.69, 9.17) is 12.3 Å². The molecule has 9 heteroatoms. The Kier molecular flexibility index (Phi) is 13.7. The molecule has 0 unspecified atom stereocenters. The Morgan fingerprint density at radius 3 is 0.579 bits per heavy atom. The molecule has 0 fully saturated rings. The van der Waals surface area contributed by atoms with E-state index < -0.39 is 49.9 Å². The van der Waals surface area contributed by atoms with Crippen LogP contribution in [0.4, 0.5) is 0 Å². The van der Waals surface area contributed by atoms with Gasteiger partial charge in [0, 0.05) is 0 Å². The summed E-state index contributed by atoms with van der Waals surface area (Å²) in [6, 6.07) is 70.4. The molecule has 0 aliphatic heterocycles. The summed E-state index contributed by atoms with van der Waals surface area (Å²) in [5.74, 6) is 0. The van der Waals surface area contributed by atoms with Crippen molar-refractivity contribution in [3.8, 4) is 0 Å².